The molecule has 1 aliphatic rings. The van der Waals surface area contributed by atoms with E-state index in [-0.39, 0.29) is 22.4 Å². The van der Waals surface area contributed by atoms with Crippen LogP contribution in [0.1, 0.15) is 68.7 Å². The summed E-state index contributed by atoms with van der Waals surface area (Å²) in [5.74, 6) is 0.105. The summed E-state index contributed by atoms with van der Waals surface area (Å²) in [4.78, 5) is 13.0. The Morgan fingerprint density at radius 3 is 1.93 bits per heavy atom. The number of ether oxygens (including phenoxy) is 1. The molecule has 1 rings (SSSR count). The molecular weight excluding hydrogens is 404 g/mol. The molecule has 1 aliphatic heterocycles. The zero-order chi connectivity index (χ0) is 22.1. The number of carbonyl (C=O) groups excluding carboxylic acids is 1. The molecule has 28 heavy (non-hydrogen) atoms. The van der Waals surface area contributed by atoms with Gasteiger partial charge < -0.3 is 13.6 Å². The molecule has 0 unspecified atom stereocenters. The first kappa shape index (κ1) is 26.4. The smallest absolute Gasteiger partial charge is 0.201 e. The Kier molecular flexibility index (Phi) is 9.08. The van der Waals surface area contributed by atoms with Gasteiger partial charge in [0.15, 0.2) is 14.1 Å². The van der Waals surface area contributed by atoms with Crippen LogP contribution in [0.2, 0.25) is 34.8 Å². The van der Waals surface area contributed by atoms with Crippen LogP contribution in [0.5, 0.6) is 0 Å². The average Bonchev–Trinajstić information content (AvgIpc) is 2.49. The highest BCUT2D eigenvalue weighted by atomic mass is 32.1. The number of thiol groups is 1. The summed E-state index contributed by atoms with van der Waals surface area (Å²) in [6.45, 7) is 24.9. The van der Waals surface area contributed by atoms with Gasteiger partial charge in [-0.2, -0.15) is 0 Å². The van der Waals surface area contributed by atoms with Gasteiger partial charge in [-0.25, -0.2) is 0 Å². The molecule has 0 spiro atoms. The first-order valence-corrected chi connectivity index (χ1v) is 16.3. The minimum atomic E-state index is -2.20. The van der Waals surface area contributed by atoms with Gasteiger partial charge in [0.05, 0.1) is 6.61 Å². The predicted molar refractivity (Wildman–Crippen MR) is 126 cm³/mol. The summed E-state index contributed by atoms with van der Waals surface area (Å²) in [6, 6.07) is 0. The lowest BCUT2D eigenvalue weighted by atomic mass is 10.1. The van der Waals surface area contributed by atoms with Gasteiger partial charge in [-0.1, -0.05) is 62.3 Å². The molecular formula is C21H44O4SSi2. The maximum atomic E-state index is 13.0. The molecule has 1 heterocycles. The van der Waals surface area contributed by atoms with E-state index in [0.717, 1.165) is 0 Å². The first-order chi connectivity index (χ1) is 12.6. The fourth-order valence-electron chi connectivity index (χ4n) is 4.22. The minimum absolute atomic E-state index is 0.105. The van der Waals surface area contributed by atoms with Crippen LogP contribution in [0.25, 0.3) is 0 Å². The molecule has 3 atom stereocenters. The summed E-state index contributed by atoms with van der Waals surface area (Å²) in [6.07, 6.45) is -0.642. The second-order valence-electron chi connectivity index (χ2n) is 10.7. The molecule has 0 radical (unpaired) electrons. The molecule has 4 nitrogen and oxygen atoms in total. The monoisotopic (exact) mass is 448 g/mol. The molecule has 0 saturated carbocycles. The first-order valence-electron chi connectivity index (χ1n) is 10.7. The Labute approximate surface area is 181 Å². The molecule has 1 saturated heterocycles. The third-order valence-corrected chi connectivity index (χ3v) is 17.7. The van der Waals surface area contributed by atoms with Gasteiger partial charge in [0.2, 0.25) is 8.32 Å². The summed E-state index contributed by atoms with van der Waals surface area (Å²) in [5.41, 5.74) is 0.858. The van der Waals surface area contributed by atoms with Crippen molar-refractivity contribution in [2.75, 3.05) is 6.61 Å². The van der Waals surface area contributed by atoms with E-state index in [1.54, 1.807) is 0 Å². The van der Waals surface area contributed by atoms with Crippen molar-refractivity contribution in [3.05, 3.63) is 0 Å². The number of Topliss-reactive ketones (excluding diaryl/α,β-unsaturated/α-hetero) is 1. The van der Waals surface area contributed by atoms with Crippen LogP contribution in [0, 0.1) is 0 Å². The topological polar surface area (TPSA) is 44.8 Å². The number of rotatable bonds is 8. The fourth-order valence-corrected chi connectivity index (χ4v) is 11.1. The highest BCUT2D eigenvalue weighted by molar-refractivity contribution is 7.80. The zero-order valence-electron chi connectivity index (χ0n) is 20.0. The van der Waals surface area contributed by atoms with Gasteiger partial charge in [-0.3, -0.25) is 4.79 Å². The maximum absolute atomic E-state index is 13.0. The van der Waals surface area contributed by atoms with Crippen LogP contribution in [-0.4, -0.2) is 46.7 Å². The van der Waals surface area contributed by atoms with E-state index >= 15 is 0 Å². The predicted octanol–water partition coefficient (Wildman–Crippen LogP) is 6.18. The van der Waals surface area contributed by atoms with Crippen LogP contribution in [0.3, 0.4) is 0 Å². The number of carbonyl (C=O) groups is 1. The molecule has 0 bridgehead atoms. The van der Waals surface area contributed by atoms with E-state index in [4.69, 9.17) is 13.6 Å². The van der Waals surface area contributed by atoms with E-state index in [9.17, 15) is 4.79 Å². The second-order valence-corrected chi connectivity index (χ2v) is 21.5. The lowest BCUT2D eigenvalue weighted by molar-refractivity contribution is -0.151. The van der Waals surface area contributed by atoms with Gasteiger partial charge in [-0.15, -0.1) is 12.6 Å². The molecule has 0 N–H and O–H groups in total. The van der Waals surface area contributed by atoms with Crippen LogP contribution < -0.4 is 0 Å². The van der Waals surface area contributed by atoms with Crippen molar-refractivity contribution < 1.29 is 18.4 Å². The highest BCUT2D eigenvalue weighted by Gasteiger charge is 2.51. The van der Waals surface area contributed by atoms with Crippen molar-refractivity contribution in [2.45, 2.75) is 121 Å². The largest absolute Gasteiger partial charge is 0.414 e. The van der Waals surface area contributed by atoms with Gasteiger partial charge in [-0.05, 0) is 34.8 Å². The SMILES string of the molecule is CC(C)[Si](O[C@H]1C(=O)C[C@@H](S)O[C@@H]1CO[Si](C)(C)C(C)(C)C)(C(C)C)C(C)C. The van der Waals surface area contributed by atoms with Crippen molar-refractivity contribution in [3.8, 4) is 0 Å². The van der Waals surface area contributed by atoms with Gasteiger partial charge in [0.1, 0.15) is 17.6 Å². The van der Waals surface area contributed by atoms with Crippen molar-refractivity contribution in [2.24, 2.45) is 0 Å². The minimum Gasteiger partial charge on any atom is -0.414 e. The molecule has 0 aromatic carbocycles. The quantitative estimate of drug-likeness (QED) is 0.355. The Bertz CT molecular complexity index is 507. The third-order valence-electron chi connectivity index (χ3n) is 6.82. The Hall–Kier alpha value is 0.334. The zero-order valence-corrected chi connectivity index (χ0v) is 22.9. The van der Waals surface area contributed by atoms with Crippen LogP contribution in [-0.2, 0) is 18.4 Å². The van der Waals surface area contributed by atoms with Crippen molar-refractivity contribution in [1.82, 2.24) is 0 Å². The summed E-state index contributed by atoms with van der Waals surface area (Å²) >= 11 is 4.44. The van der Waals surface area contributed by atoms with Crippen LogP contribution >= 0.6 is 12.6 Å². The van der Waals surface area contributed by atoms with E-state index in [2.05, 4.69) is 88.0 Å². The molecule has 0 aromatic heterocycles. The van der Waals surface area contributed by atoms with Gasteiger partial charge in [0.25, 0.3) is 0 Å². The van der Waals surface area contributed by atoms with E-state index in [1.807, 2.05) is 0 Å². The van der Waals surface area contributed by atoms with Crippen LogP contribution in [0.15, 0.2) is 0 Å². The molecule has 0 amide bonds. The van der Waals surface area contributed by atoms with Crippen LogP contribution in [0.4, 0.5) is 0 Å². The summed E-state index contributed by atoms with van der Waals surface area (Å²) in [7, 11) is -4.15. The third kappa shape index (κ3) is 5.72. The maximum Gasteiger partial charge on any atom is 0.201 e. The fraction of sp³-hybridized carbons (Fsp3) is 0.952. The molecule has 0 aromatic rings. The molecule has 7 heteroatoms. The Morgan fingerprint density at radius 2 is 1.54 bits per heavy atom. The average molecular weight is 449 g/mol. The lowest BCUT2D eigenvalue weighted by Crippen LogP contribution is -2.58. The van der Waals surface area contributed by atoms with Crippen molar-refractivity contribution in [3.63, 3.8) is 0 Å². The number of hydrogen-bond acceptors (Lipinski definition) is 5. The Balaban J connectivity index is 3.15. The summed E-state index contributed by atoms with van der Waals surface area (Å²) < 4.78 is 19.4. The standard InChI is InChI=1S/C21H44O4SSi2/c1-14(2)28(15(3)4,16(5)6)25-20-17(22)12-19(26)24-18(20)13-23-27(10,11)21(7,8)9/h14-16,18-20,26H,12-13H2,1-11H3/t18-,19-,20+/m1/s1. The van der Waals surface area contributed by atoms with Crippen molar-refractivity contribution >= 4 is 35.0 Å². The molecule has 0 aliphatic carbocycles. The lowest BCUT2D eigenvalue weighted by Gasteiger charge is -2.47. The summed E-state index contributed by atoms with van der Waals surface area (Å²) in [5, 5.41) is 0.106. The Morgan fingerprint density at radius 1 is 1.07 bits per heavy atom. The van der Waals surface area contributed by atoms with Gasteiger partial charge in [0, 0.05) is 6.42 Å². The van der Waals surface area contributed by atoms with Crippen molar-refractivity contribution in [1.29, 1.82) is 0 Å². The van der Waals surface area contributed by atoms with E-state index in [1.165, 1.54) is 0 Å². The van der Waals surface area contributed by atoms with Gasteiger partial charge >= 0.3 is 0 Å². The van der Waals surface area contributed by atoms with E-state index < -0.39 is 22.7 Å². The number of ketones is 1. The molecule has 166 valence electrons. The van der Waals surface area contributed by atoms with E-state index in [0.29, 0.717) is 29.7 Å². The molecule has 1 fully saturated rings. The second kappa shape index (κ2) is 9.64. The normalized spacial score (nSPS) is 25.2. The highest BCUT2D eigenvalue weighted by Crippen LogP contribution is 2.44. The number of hydrogen-bond donors (Lipinski definition) is 1.